The number of amides is 2. The van der Waals surface area contributed by atoms with Crippen LogP contribution in [-0.2, 0) is 9.59 Å². The second-order valence-electron chi connectivity index (χ2n) is 6.38. The Morgan fingerprint density at radius 3 is 2.24 bits per heavy atom. The molecule has 6 nitrogen and oxygen atoms in total. The molecule has 1 aliphatic rings. The number of carbonyl (C=O) groups excluding carboxylic acids is 2. The molecule has 0 N–H and O–H groups in total. The van der Waals surface area contributed by atoms with Crippen molar-refractivity contribution in [2.45, 2.75) is 27.2 Å². The lowest BCUT2D eigenvalue weighted by atomic mass is 10.2. The average Bonchev–Trinajstić information content (AvgIpc) is 2.86. The Kier molecular flexibility index (Phi) is 7.10. The molecule has 2 amide bonds. The predicted octanol–water partition coefficient (Wildman–Crippen LogP) is 2.18. The van der Waals surface area contributed by atoms with E-state index in [0.717, 1.165) is 6.42 Å². The molecule has 138 valence electrons. The first-order valence-electron chi connectivity index (χ1n) is 8.94. The second-order valence-corrected chi connectivity index (χ2v) is 6.38. The van der Waals surface area contributed by atoms with Gasteiger partial charge in [0.2, 0.25) is 5.91 Å². The first kappa shape index (κ1) is 19.1. The number of carbonyl (C=O) groups is 2. The number of nitrogens with zero attached hydrogens (tertiary/aromatic N) is 2. The van der Waals surface area contributed by atoms with E-state index < -0.39 is 0 Å². The summed E-state index contributed by atoms with van der Waals surface area (Å²) in [7, 11) is 0. The summed E-state index contributed by atoms with van der Waals surface area (Å²) in [5.74, 6) is 1.29. The normalized spacial score (nSPS) is 15.0. The van der Waals surface area contributed by atoms with E-state index in [1.807, 2.05) is 43.9 Å². The van der Waals surface area contributed by atoms with Crippen LogP contribution in [0, 0.1) is 5.92 Å². The van der Waals surface area contributed by atoms with Crippen LogP contribution in [0.5, 0.6) is 11.5 Å². The number of rotatable bonds is 6. The van der Waals surface area contributed by atoms with Gasteiger partial charge in [0.25, 0.3) is 5.91 Å². The molecule has 25 heavy (non-hydrogen) atoms. The van der Waals surface area contributed by atoms with Gasteiger partial charge < -0.3 is 19.3 Å². The fourth-order valence-electron chi connectivity index (χ4n) is 2.83. The maximum Gasteiger partial charge on any atom is 0.260 e. The molecule has 0 radical (unpaired) electrons. The zero-order chi connectivity index (χ0) is 18.2. The van der Waals surface area contributed by atoms with Crippen LogP contribution in [-0.4, -0.2) is 61.0 Å². The van der Waals surface area contributed by atoms with Crippen molar-refractivity contribution < 1.29 is 19.1 Å². The van der Waals surface area contributed by atoms with Crippen LogP contribution in [0.2, 0.25) is 0 Å². The van der Waals surface area contributed by atoms with Crippen molar-refractivity contribution in [3.8, 4) is 11.5 Å². The molecule has 0 aromatic heterocycles. The van der Waals surface area contributed by atoms with Crippen molar-refractivity contribution >= 4 is 11.8 Å². The minimum Gasteiger partial charge on any atom is -0.490 e. The standard InChI is InChI=1S/C19H28N2O4/c1-4-24-16-8-5-6-9-17(16)25-14-18(22)20-10-7-11-21(13-12-20)19(23)15(2)3/h5-6,8-9,15H,4,7,10-14H2,1-3H3. The van der Waals surface area contributed by atoms with Gasteiger partial charge in [-0.1, -0.05) is 26.0 Å². The summed E-state index contributed by atoms with van der Waals surface area (Å²) in [6, 6.07) is 7.34. The van der Waals surface area contributed by atoms with E-state index in [1.54, 1.807) is 11.0 Å². The van der Waals surface area contributed by atoms with Gasteiger partial charge in [0.1, 0.15) is 0 Å². The van der Waals surface area contributed by atoms with Gasteiger partial charge in [-0.3, -0.25) is 9.59 Å². The highest BCUT2D eigenvalue weighted by Gasteiger charge is 2.23. The Hall–Kier alpha value is -2.24. The minimum absolute atomic E-state index is 0.0133. The third-order valence-corrected chi connectivity index (χ3v) is 4.15. The molecule has 0 unspecified atom stereocenters. The zero-order valence-electron chi connectivity index (χ0n) is 15.4. The molecule has 2 rings (SSSR count). The molecule has 1 heterocycles. The first-order valence-corrected chi connectivity index (χ1v) is 8.94. The number of hydrogen-bond acceptors (Lipinski definition) is 4. The van der Waals surface area contributed by atoms with Crippen LogP contribution in [0.25, 0.3) is 0 Å². The lowest BCUT2D eigenvalue weighted by Gasteiger charge is -2.23. The first-order chi connectivity index (χ1) is 12.0. The van der Waals surface area contributed by atoms with Gasteiger partial charge in [0.15, 0.2) is 18.1 Å². The fraction of sp³-hybridized carbons (Fsp3) is 0.579. The van der Waals surface area contributed by atoms with Crippen LogP contribution in [0.3, 0.4) is 0 Å². The van der Waals surface area contributed by atoms with Crippen molar-refractivity contribution in [3.05, 3.63) is 24.3 Å². The monoisotopic (exact) mass is 348 g/mol. The number of hydrogen-bond donors (Lipinski definition) is 0. The van der Waals surface area contributed by atoms with E-state index in [-0.39, 0.29) is 24.3 Å². The summed E-state index contributed by atoms with van der Waals surface area (Å²) in [6.45, 7) is 8.71. The molecule has 1 fully saturated rings. The van der Waals surface area contributed by atoms with Crippen LogP contribution in [0.15, 0.2) is 24.3 Å². The molecule has 1 aliphatic heterocycles. The lowest BCUT2D eigenvalue weighted by Crippen LogP contribution is -2.40. The van der Waals surface area contributed by atoms with Crippen LogP contribution >= 0.6 is 0 Å². The Bertz CT molecular complexity index is 589. The second kappa shape index (κ2) is 9.30. The smallest absolute Gasteiger partial charge is 0.260 e. The summed E-state index contributed by atoms with van der Waals surface area (Å²) >= 11 is 0. The van der Waals surface area contributed by atoms with E-state index in [1.165, 1.54) is 0 Å². The Balaban J connectivity index is 1.88. The maximum atomic E-state index is 12.5. The Labute approximate surface area is 149 Å². The van der Waals surface area contributed by atoms with Gasteiger partial charge in [0.05, 0.1) is 6.61 Å². The minimum atomic E-state index is -0.0647. The van der Waals surface area contributed by atoms with Crippen LogP contribution in [0.4, 0.5) is 0 Å². The van der Waals surface area contributed by atoms with Gasteiger partial charge >= 0.3 is 0 Å². The molecule has 1 aromatic rings. The van der Waals surface area contributed by atoms with Crippen molar-refractivity contribution in [3.63, 3.8) is 0 Å². The molecular weight excluding hydrogens is 320 g/mol. The molecule has 0 bridgehead atoms. The van der Waals surface area contributed by atoms with Crippen LogP contribution in [0.1, 0.15) is 27.2 Å². The van der Waals surface area contributed by atoms with Gasteiger partial charge in [-0.15, -0.1) is 0 Å². The summed E-state index contributed by atoms with van der Waals surface area (Å²) in [4.78, 5) is 28.2. The topological polar surface area (TPSA) is 59.1 Å². The predicted molar refractivity (Wildman–Crippen MR) is 95.7 cm³/mol. The Morgan fingerprint density at radius 2 is 1.60 bits per heavy atom. The fourth-order valence-corrected chi connectivity index (χ4v) is 2.83. The number of benzene rings is 1. The third kappa shape index (κ3) is 5.37. The molecule has 0 saturated carbocycles. The summed E-state index contributed by atoms with van der Waals surface area (Å²) < 4.78 is 11.2. The molecule has 1 aromatic carbocycles. The van der Waals surface area contributed by atoms with Crippen molar-refractivity contribution in [1.29, 1.82) is 0 Å². The maximum absolute atomic E-state index is 12.5. The van der Waals surface area contributed by atoms with Gasteiger partial charge in [-0.05, 0) is 25.5 Å². The molecule has 0 atom stereocenters. The van der Waals surface area contributed by atoms with Gasteiger partial charge in [-0.25, -0.2) is 0 Å². The number of para-hydroxylation sites is 2. The third-order valence-electron chi connectivity index (χ3n) is 4.15. The highest BCUT2D eigenvalue weighted by Crippen LogP contribution is 2.26. The van der Waals surface area contributed by atoms with Crippen molar-refractivity contribution in [1.82, 2.24) is 9.80 Å². The van der Waals surface area contributed by atoms with Gasteiger partial charge in [0, 0.05) is 32.1 Å². The molecule has 0 aliphatic carbocycles. The Morgan fingerprint density at radius 1 is 1.00 bits per heavy atom. The summed E-state index contributed by atoms with van der Waals surface area (Å²) in [6.07, 6.45) is 0.791. The average molecular weight is 348 g/mol. The number of ether oxygens (including phenoxy) is 2. The van der Waals surface area contributed by atoms with Crippen molar-refractivity contribution in [2.75, 3.05) is 39.4 Å². The zero-order valence-corrected chi connectivity index (χ0v) is 15.4. The van der Waals surface area contributed by atoms with E-state index in [0.29, 0.717) is 44.3 Å². The lowest BCUT2D eigenvalue weighted by molar-refractivity contribution is -0.136. The molecule has 0 spiro atoms. The largest absolute Gasteiger partial charge is 0.490 e. The van der Waals surface area contributed by atoms with Gasteiger partial charge in [-0.2, -0.15) is 0 Å². The van der Waals surface area contributed by atoms with E-state index >= 15 is 0 Å². The van der Waals surface area contributed by atoms with E-state index in [2.05, 4.69) is 0 Å². The van der Waals surface area contributed by atoms with E-state index in [4.69, 9.17) is 9.47 Å². The highest BCUT2D eigenvalue weighted by molar-refractivity contribution is 5.79. The quantitative estimate of drug-likeness (QED) is 0.791. The molecular formula is C19H28N2O4. The SMILES string of the molecule is CCOc1ccccc1OCC(=O)N1CCCN(C(=O)C(C)C)CC1. The summed E-state index contributed by atoms with van der Waals surface area (Å²) in [5.41, 5.74) is 0. The summed E-state index contributed by atoms with van der Waals surface area (Å²) in [5, 5.41) is 0. The molecule has 6 heteroatoms. The van der Waals surface area contributed by atoms with Crippen molar-refractivity contribution in [2.24, 2.45) is 5.92 Å². The highest BCUT2D eigenvalue weighted by atomic mass is 16.5. The van der Waals surface area contributed by atoms with E-state index in [9.17, 15) is 9.59 Å². The molecule has 1 saturated heterocycles. The van der Waals surface area contributed by atoms with Crippen LogP contribution < -0.4 is 9.47 Å².